The maximum Gasteiger partial charge on any atom is 0.295 e. The number of imidazole rings is 2. The summed E-state index contributed by atoms with van der Waals surface area (Å²) in [5.41, 5.74) is 7.64. The van der Waals surface area contributed by atoms with Crippen LogP contribution in [0.15, 0.2) is 71.8 Å². The summed E-state index contributed by atoms with van der Waals surface area (Å²) >= 11 is 0. The van der Waals surface area contributed by atoms with E-state index in [1.165, 1.54) is 24.7 Å². The molecule has 0 bridgehead atoms. The van der Waals surface area contributed by atoms with E-state index in [-0.39, 0.29) is 4.90 Å². The van der Waals surface area contributed by atoms with Crippen molar-refractivity contribution in [3.05, 3.63) is 89.6 Å². The topological polar surface area (TPSA) is 90.0 Å². The summed E-state index contributed by atoms with van der Waals surface area (Å²) in [4.78, 5) is 9.83. The second kappa shape index (κ2) is 9.53. The Labute approximate surface area is 222 Å². The molecule has 0 spiro atoms. The number of rotatable bonds is 6. The Kier molecular flexibility index (Phi) is 6.16. The highest BCUT2D eigenvalue weighted by molar-refractivity contribution is 7.86. The van der Waals surface area contributed by atoms with E-state index >= 15 is 0 Å². The number of hydrogen-bond donors (Lipinski definition) is 1. The molecule has 0 radical (unpaired) electrons. The van der Waals surface area contributed by atoms with E-state index in [4.69, 9.17) is 9.97 Å². The van der Waals surface area contributed by atoms with Gasteiger partial charge in [-0.3, -0.25) is 4.55 Å². The van der Waals surface area contributed by atoms with Crippen molar-refractivity contribution < 1.29 is 13.0 Å². The minimum absolute atomic E-state index is 0.0920. The van der Waals surface area contributed by atoms with Gasteiger partial charge in [0.1, 0.15) is 16.5 Å². The van der Waals surface area contributed by atoms with Crippen molar-refractivity contribution in [3.63, 3.8) is 0 Å². The van der Waals surface area contributed by atoms with Gasteiger partial charge in [-0.25, -0.2) is 9.97 Å². The smallest absolute Gasteiger partial charge is 0.295 e. The van der Waals surface area contributed by atoms with Gasteiger partial charge < -0.3 is 9.13 Å². The van der Waals surface area contributed by atoms with E-state index in [1.54, 1.807) is 18.2 Å². The molecule has 0 fully saturated rings. The van der Waals surface area contributed by atoms with Crippen LogP contribution in [-0.4, -0.2) is 32.1 Å². The van der Waals surface area contributed by atoms with E-state index in [2.05, 4.69) is 41.3 Å². The van der Waals surface area contributed by atoms with Crippen molar-refractivity contribution in [3.8, 4) is 22.4 Å². The molecule has 38 heavy (non-hydrogen) atoms. The SMILES string of the molecule is CCc1nc2c(C)cc(-c3cn4c(n3)CCCC4)cc2n1Cc1ccc(-c2ccccc2S(=O)(=O)O)cc1. The molecule has 1 aliphatic heterocycles. The Morgan fingerprint density at radius 3 is 2.50 bits per heavy atom. The Balaban J connectivity index is 1.37. The molecule has 0 unspecified atom stereocenters. The van der Waals surface area contributed by atoms with Gasteiger partial charge in [0.05, 0.1) is 16.7 Å². The summed E-state index contributed by atoms with van der Waals surface area (Å²) in [5.74, 6) is 2.19. The molecule has 0 atom stereocenters. The Bertz CT molecular complexity index is 1740. The second-order valence-corrected chi connectivity index (χ2v) is 11.4. The highest BCUT2D eigenvalue weighted by Crippen LogP contribution is 2.31. The lowest BCUT2D eigenvalue weighted by atomic mass is 10.0. The molecule has 1 aliphatic rings. The fraction of sp³-hybridized carbons (Fsp3) is 0.267. The Hall–Kier alpha value is -3.75. The van der Waals surface area contributed by atoms with Crippen LogP contribution in [0.5, 0.6) is 0 Å². The van der Waals surface area contributed by atoms with Crippen LogP contribution in [0.1, 0.15) is 42.5 Å². The van der Waals surface area contributed by atoms with Crippen molar-refractivity contribution in [2.45, 2.75) is 57.5 Å². The first-order valence-corrected chi connectivity index (χ1v) is 14.5. The van der Waals surface area contributed by atoms with Crippen molar-refractivity contribution in [1.29, 1.82) is 0 Å². The first-order valence-electron chi connectivity index (χ1n) is 13.0. The third-order valence-electron chi connectivity index (χ3n) is 7.41. The second-order valence-electron chi connectivity index (χ2n) is 9.99. The molecule has 6 rings (SSSR count). The molecule has 0 amide bonds. The van der Waals surface area contributed by atoms with Crippen LogP contribution < -0.4 is 0 Å². The Morgan fingerprint density at radius 2 is 1.76 bits per heavy atom. The molecule has 2 aromatic heterocycles. The molecule has 3 heterocycles. The van der Waals surface area contributed by atoms with E-state index in [0.717, 1.165) is 64.2 Å². The summed E-state index contributed by atoms with van der Waals surface area (Å²) in [6.07, 6.45) is 6.42. The van der Waals surface area contributed by atoms with Gasteiger partial charge in [-0.15, -0.1) is 0 Å². The van der Waals surface area contributed by atoms with Gasteiger partial charge in [-0.05, 0) is 54.7 Å². The monoisotopic (exact) mass is 526 g/mol. The fourth-order valence-corrected chi connectivity index (χ4v) is 6.20. The third-order valence-corrected chi connectivity index (χ3v) is 8.33. The van der Waals surface area contributed by atoms with E-state index in [1.807, 2.05) is 24.3 Å². The van der Waals surface area contributed by atoms with Crippen LogP contribution in [0, 0.1) is 6.92 Å². The van der Waals surface area contributed by atoms with Crippen molar-refractivity contribution in [2.75, 3.05) is 0 Å². The normalized spacial score (nSPS) is 13.7. The number of nitrogens with zero attached hydrogens (tertiary/aromatic N) is 4. The number of fused-ring (bicyclic) bond motifs is 2. The third kappa shape index (κ3) is 4.44. The molecule has 7 nitrogen and oxygen atoms in total. The van der Waals surface area contributed by atoms with Gasteiger partial charge in [0.2, 0.25) is 0 Å². The fourth-order valence-electron chi connectivity index (χ4n) is 5.49. The largest absolute Gasteiger partial charge is 0.334 e. The van der Waals surface area contributed by atoms with Crippen LogP contribution in [-0.2, 0) is 36.0 Å². The zero-order valence-electron chi connectivity index (χ0n) is 21.6. The highest BCUT2D eigenvalue weighted by Gasteiger charge is 2.18. The van der Waals surface area contributed by atoms with Gasteiger partial charge in [-0.2, -0.15) is 8.42 Å². The molecular formula is C30H30N4O3S. The zero-order valence-corrected chi connectivity index (χ0v) is 22.4. The number of benzene rings is 3. The first-order chi connectivity index (χ1) is 18.3. The zero-order chi connectivity index (χ0) is 26.4. The van der Waals surface area contributed by atoms with Crippen LogP contribution in [0.4, 0.5) is 0 Å². The minimum atomic E-state index is -4.32. The molecule has 0 aliphatic carbocycles. The maximum atomic E-state index is 11.9. The van der Waals surface area contributed by atoms with Gasteiger partial charge in [-0.1, -0.05) is 49.4 Å². The van der Waals surface area contributed by atoms with Gasteiger partial charge in [0.15, 0.2) is 0 Å². The van der Waals surface area contributed by atoms with Crippen molar-refractivity contribution >= 4 is 21.2 Å². The van der Waals surface area contributed by atoms with Crippen LogP contribution >= 0.6 is 0 Å². The summed E-state index contributed by atoms with van der Waals surface area (Å²) in [5, 5.41) is 0. The lowest BCUT2D eigenvalue weighted by Crippen LogP contribution is -2.08. The molecule has 8 heteroatoms. The molecule has 5 aromatic rings. The van der Waals surface area contributed by atoms with Gasteiger partial charge in [0, 0.05) is 43.3 Å². The van der Waals surface area contributed by atoms with E-state index < -0.39 is 10.1 Å². The standard InChI is InChI=1S/C30H30N4O3S/c1-3-28-32-30-20(2)16-23(25-19-33-15-7-6-10-29(33)31-25)17-26(30)34(28)18-21-11-13-22(14-12-21)24-8-4-5-9-27(24)38(35,36)37/h4-5,8-9,11-14,16-17,19H,3,6-7,10,15,18H2,1-2H3,(H,35,36,37). The van der Waals surface area contributed by atoms with Gasteiger partial charge >= 0.3 is 0 Å². The average Bonchev–Trinajstić information content (AvgIpc) is 3.50. The predicted octanol–water partition coefficient (Wildman–Crippen LogP) is 6.07. The molecule has 194 valence electrons. The predicted molar refractivity (Wildman–Crippen MR) is 149 cm³/mol. The minimum Gasteiger partial charge on any atom is -0.334 e. The number of aromatic nitrogens is 4. The van der Waals surface area contributed by atoms with Crippen molar-refractivity contribution in [1.82, 2.24) is 19.1 Å². The molecule has 1 N–H and O–H groups in total. The maximum absolute atomic E-state index is 11.9. The number of aryl methyl sites for hydroxylation is 4. The molecular weight excluding hydrogens is 496 g/mol. The summed E-state index contributed by atoms with van der Waals surface area (Å²) in [6, 6.07) is 18.7. The molecule has 0 saturated carbocycles. The van der Waals surface area contributed by atoms with E-state index in [9.17, 15) is 13.0 Å². The van der Waals surface area contributed by atoms with Crippen molar-refractivity contribution in [2.24, 2.45) is 0 Å². The first kappa shape index (κ1) is 24.6. The quantitative estimate of drug-likeness (QED) is 0.271. The lowest BCUT2D eigenvalue weighted by molar-refractivity contribution is 0.483. The summed E-state index contributed by atoms with van der Waals surface area (Å²) < 4.78 is 37.9. The van der Waals surface area contributed by atoms with Crippen LogP contribution in [0.25, 0.3) is 33.4 Å². The Morgan fingerprint density at radius 1 is 0.974 bits per heavy atom. The highest BCUT2D eigenvalue weighted by atomic mass is 32.2. The summed E-state index contributed by atoms with van der Waals surface area (Å²) in [6.45, 7) is 5.90. The molecule has 0 saturated heterocycles. The van der Waals surface area contributed by atoms with Gasteiger partial charge in [0.25, 0.3) is 10.1 Å². The van der Waals surface area contributed by atoms with E-state index in [0.29, 0.717) is 12.1 Å². The molecule has 3 aromatic carbocycles. The average molecular weight is 527 g/mol. The summed E-state index contributed by atoms with van der Waals surface area (Å²) in [7, 11) is -4.32. The lowest BCUT2D eigenvalue weighted by Gasteiger charge is -2.11. The van der Waals surface area contributed by atoms with Crippen LogP contribution in [0.2, 0.25) is 0 Å². The number of hydrogen-bond acceptors (Lipinski definition) is 4. The van der Waals surface area contributed by atoms with Crippen LogP contribution in [0.3, 0.4) is 0 Å².